The third kappa shape index (κ3) is 3.65. The second-order valence-electron chi connectivity index (χ2n) is 5.96. The number of aliphatic hydroxyl groups is 1. The van der Waals surface area contributed by atoms with E-state index in [4.69, 9.17) is 0 Å². The van der Waals surface area contributed by atoms with Crippen molar-refractivity contribution >= 4 is 28.1 Å². The van der Waals surface area contributed by atoms with E-state index in [1.165, 1.54) is 17.4 Å². The lowest BCUT2D eigenvalue weighted by Crippen LogP contribution is -2.14. The average Bonchev–Trinajstić information content (AvgIpc) is 3.22. The van der Waals surface area contributed by atoms with Gasteiger partial charge >= 0.3 is 0 Å². The standard InChI is InChI=1S/C20H15F2N3OS/c21-14-8-7-12(10-15(14)22)17(26)11-23-19-13-4-1-2-5-16(13)24-20(25-19)18-6-3-9-27-18/h1-10,17,26H,11H2,(H,23,24,25)/t17-/m1/s1. The molecule has 4 rings (SSSR count). The van der Waals surface area contributed by atoms with E-state index in [-0.39, 0.29) is 6.54 Å². The topological polar surface area (TPSA) is 58.0 Å². The monoisotopic (exact) mass is 383 g/mol. The van der Waals surface area contributed by atoms with Crippen molar-refractivity contribution in [1.82, 2.24) is 9.97 Å². The molecule has 0 aliphatic rings. The second-order valence-corrected chi connectivity index (χ2v) is 6.91. The van der Waals surface area contributed by atoms with Gasteiger partial charge in [-0.3, -0.25) is 0 Å². The van der Waals surface area contributed by atoms with Crippen molar-refractivity contribution in [3.63, 3.8) is 0 Å². The SMILES string of the molecule is O[C@H](CNc1nc(-c2cccs2)nc2ccccc12)c1ccc(F)c(F)c1. The minimum atomic E-state index is -1.01. The Labute approximate surface area is 158 Å². The van der Waals surface area contributed by atoms with E-state index in [1.54, 1.807) is 0 Å². The molecule has 2 heterocycles. The van der Waals surface area contributed by atoms with Gasteiger partial charge in [0.05, 0.1) is 16.5 Å². The summed E-state index contributed by atoms with van der Waals surface area (Å²) in [5.41, 5.74) is 1.07. The second kappa shape index (κ2) is 7.38. The number of nitrogens with zero attached hydrogens (tertiary/aromatic N) is 2. The zero-order valence-electron chi connectivity index (χ0n) is 14.1. The van der Waals surface area contributed by atoms with Crippen LogP contribution in [0.1, 0.15) is 11.7 Å². The lowest BCUT2D eigenvalue weighted by atomic mass is 10.1. The molecule has 0 saturated heterocycles. The van der Waals surface area contributed by atoms with Crippen molar-refractivity contribution in [3.05, 3.63) is 77.2 Å². The molecular weight excluding hydrogens is 368 g/mol. The van der Waals surface area contributed by atoms with Gasteiger partial charge in [-0.1, -0.05) is 24.3 Å². The summed E-state index contributed by atoms with van der Waals surface area (Å²) < 4.78 is 26.5. The number of hydrogen-bond donors (Lipinski definition) is 2. The molecule has 0 aliphatic carbocycles. The van der Waals surface area contributed by atoms with Crippen LogP contribution in [0.3, 0.4) is 0 Å². The average molecular weight is 383 g/mol. The first kappa shape index (κ1) is 17.5. The zero-order chi connectivity index (χ0) is 18.8. The van der Waals surface area contributed by atoms with E-state index < -0.39 is 17.7 Å². The molecule has 2 aromatic carbocycles. The number of fused-ring (bicyclic) bond motifs is 1. The molecule has 136 valence electrons. The minimum Gasteiger partial charge on any atom is -0.387 e. The highest BCUT2D eigenvalue weighted by molar-refractivity contribution is 7.13. The van der Waals surface area contributed by atoms with Crippen LogP contribution in [0.5, 0.6) is 0 Å². The Morgan fingerprint density at radius 2 is 1.85 bits per heavy atom. The maximum Gasteiger partial charge on any atom is 0.172 e. The summed E-state index contributed by atoms with van der Waals surface area (Å²) in [5, 5.41) is 16.2. The Hall–Kier alpha value is -2.90. The highest BCUT2D eigenvalue weighted by Gasteiger charge is 2.14. The van der Waals surface area contributed by atoms with E-state index in [1.807, 2.05) is 41.8 Å². The summed E-state index contributed by atoms with van der Waals surface area (Å²) in [6.07, 6.45) is -1.01. The summed E-state index contributed by atoms with van der Waals surface area (Å²) in [6, 6.07) is 14.8. The number of aromatic nitrogens is 2. The Bertz CT molecular complexity index is 1090. The fraction of sp³-hybridized carbons (Fsp3) is 0.100. The molecule has 4 aromatic rings. The maximum atomic E-state index is 13.4. The van der Waals surface area contributed by atoms with Crippen LogP contribution in [0, 0.1) is 11.6 Å². The zero-order valence-corrected chi connectivity index (χ0v) is 14.9. The summed E-state index contributed by atoms with van der Waals surface area (Å²) in [4.78, 5) is 10.1. The van der Waals surface area contributed by atoms with Gasteiger partial charge in [-0.15, -0.1) is 11.3 Å². The smallest absolute Gasteiger partial charge is 0.172 e. The first-order valence-electron chi connectivity index (χ1n) is 8.29. The van der Waals surface area contributed by atoms with Gasteiger partial charge < -0.3 is 10.4 Å². The van der Waals surface area contributed by atoms with Crippen LogP contribution in [0.4, 0.5) is 14.6 Å². The normalized spacial score (nSPS) is 12.3. The van der Waals surface area contributed by atoms with Gasteiger partial charge in [0.25, 0.3) is 0 Å². The Balaban J connectivity index is 1.63. The molecule has 0 radical (unpaired) electrons. The third-order valence-electron chi connectivity index (χ3n) is 4.14. The van der Waals surface area contributed by atoms with Crippen molar-refractivity contribution in [1.29, 1.82) is 0 Å². The first-order valence-corrected chi connectivity index (χ1v) is 9.17. The highest BCUT2D eigenvalue weighted by atomic mass is 32.1. The van der Waals surface area contributed by atoms with Crippen molar-refractivity contribution in [3.8, 4) is 10.7 Å². The van der Waals surface area contributed by atoms with Gasteiger partial charge in [0.1, 0.15) is 5.82 Å². The lowest BCUT2D eigenvalue weighted by Gasteiger charge is -2.15. The Morgan fingerprint density at radius 3 is 2.63 bits per heavy atom. The van der Waals surface area contributed by atoms with Gasteiger partial charge in [0.2, 0.25) is 0 Å². The van der Waals surface area contributed by atoms with Crippen LogP contribution in [0.15, 0.2) is 60.0 Å². The van der Waals surface area contributed by atoms with E-state index in [9.17, 15) is 13.9 Å². The maximum absolute atomic E-state index is 13.4. The van der Waals surface area contributed by atoms with Gasteiger partial charge in [-0.25, -0.2) is 18.7 Å². The number of hydrogen-bond acceptors (Lipinski definition) is 5. The predicted molar refractivity (Wildman–Crippen MR) is 103 cm³/mol. The number of nitrogens with one attached hydrogen (secondary N) is 1. The molecule has 0 amide bonds. The molecular formula is C20H15F2N3OS. The van der Waals surface area contributed by atoms with E-state index >= 15 is 0 Å². The van der Waals surface area contributed by atoms with Crippen LogP contribution >= 0.6 is 11.3 Å². The number of thiophene rings is 1. The van der Waals surface area contributed by atoms with E-state index in [0.29, 0.717) is 17.2 Å². The van der Waals surface area contributed by atoms with E-state index in [0.717, 1.165) is 27.9 Å². The van der Waals surface area contributed by atoms with E-state index in [2.05, 4.69) is 15.3 Å². The summed E-state index contributed by atoms with van der Waals surface area (Å²) in [7, 11) is 0. The van der Waals surface area contributed by atoms with Crippen molar-refractivity contribution in [2.24, 2.45) is 0 Å². The summed E-state index contributed by atoms with van der Waals surface area (Å²) in [6.45, 7) is 0.0932. The van der Waals surface area contributed by atoms with Crippen molar-refractivity contribution < 1.29 is 13.9 Å². The molecule has 7 heteroatoms. The number of aliphatic hydroxyl groups excluding tert-OH is 1. The van der Waals surface area contributed by atoms with Crippen LogP contribution < -0.4 is 5.32 Å². The number of benzene rings is 2. The number of para-hydroxylation sites is 1. The summed E-state index contributed by atoms with van der Waals surface area (Å²) in [5.74, 6) is -0.764. The fourth-order valence-corrected chi connectivity index (χ4v) is 3.42. The fourth-order valence-electron chi connectivity index (χ4n) is 2.76. The molecule has 0 fully saturated rings. The molecule has 0 aliphatic heterocycles. The minimum absolute atomic E-state index is 0.0932. The molecule has 2 aromatic heterocycles. The van der Waals surface area contributed by atoms with Crippen molar-refractivity contribution in [2.45, 2.75) is 6.10 Å². The molecule has 0 bridgehead atoms. The van der Waals surface area contributed by atoms with Crippen LogP contribution in [-0.4, -0.2) is 21.6 Å². The van der Waals surface area contributed by atoms with Gasteiger partial charge in [0, 0.05) is 11.9 Å². The van der Waals surface area contributed by atoms with Crippen LogP contribution in [0.25, 0.3) is 21.6 Å². The Kier molecular flexibility index (Phi) is 4.79. The third-order valence-corrected chi connectivity index (χ3v) is 5.00. The van der Waals surface area contributed by atoms with Crippen LogP contribution in [0.2, 0.25) is 0 Å². The lowest BCUT2D eigenvalue weighted by molar-refractivity contribution is 0.191. The quantitative estimate of drug-likeness (QED) is 0.521. The largest absolute Gasteiger partial charge is 0.387 e. The number of halogens is 2. The van der Waals surface area contributed by atoms with Gasteiger partial charge in [0.15, 0.2) is 17.5 Å². The number of anilines is 1. The predicted octanol–water partition coefficient (Wildman–Crippen LogP) is 4.78. The van der Waals surface area contributed by atoms with Crippen LogP contribution in [-0.2, 0) is 0 Å². The van der Waals surface area contributed by atoms with Gasteiger partial charge in [-0.05, 0) is 41.3 Å². The molecule has 0 spiro atoms. The van der Waals surface area contributed by atoms with Gasteiger partial charge in [-0.2, -0.15) is 0 Å². The van der Waals surface area contributed by atoms with Crippen molar-refractivity contribution in [2.75, 3.05) is 11.9 Å². The summed E-state index contributed by atoms with van der Waals surface area (Å²) >= 11 is 1.54. The molecule has 1 atom stereocenters. The molecule has 0 saturated carbocycles. The first-order chi connectivity index (χ1) is 13.1. The number of rotatable bonds is 5. The molecule has 27 heavy (non-hydrogen) atoms. The molecule has 0 unspecified atom stereocenters. The molecule has 2 N–H and O–H groups in total. The Morgan fingerprint density at radius 1 is 1.00 bits per heavy atom. The highest BCUT2D eigenvalue weighted by Crippen LogP contribution is 2.28. The molecule has 4 nitrogen and oxygen atoms in total.